The van der Waals surface area contributed by atoms with Crippen LogP contribution in [0.25, 0.3) is 0 Å². The second kappa shape index (κ2) is 7.66. The van der Waals surface area contributed by atoms with Crippen LogP contribution in [-0.2, 0) is 4.79 Å². The Balaban J connectivity index is 1.97. The minimum Gasteiger partial charge on any atom is -0.496 e. The van der Waals surface area contributed by atoms with E-state index in [0.29, 0.717) is 18.1 Å². The smallest absolute Gasteiger partial charge is 0.236 e. The minimum atomic E-state index is -1.62. The van der Waals surface area contributed by atoms with Crippen molar-refractivity contribution < 1.29 is 23.8 Å². The molecule has 0 radical (unpaired) electrons. The van der Waals surface area contributed by atoms with Crippen LogP contribution in [0.2, 0.25) is 5.02 Å². The first kappa shape index (κ1) is 20.5. The number of Topliss-reactive ketones (excluding diaryl/α,β-unsaturated/α-hetero) is 1. The van der Waals surface area contributed by atoms with Crippen LogP contribution in [-0.4, -0.2) is 37.9 Å². The number of hydrogen-bond acceptors (Lipinski definition) is 6. The molecule has 1 aromatic rings. The van der Waals surface area contributed by atoms with Crippen LogP contribution in [0.15, 0.2) is 17.8 Å². The molecule has 1 N–H and O–H groups in total. The molecule has 0 bridgehead atoms. The third-order valence-electron chi connectivity index (χ3n) is 5.38. The summed E-state index contributed by atoms with van der Waals surface area (Å²) in [5.41, 5.74) is -0.598. The third kappa shape index (κ3) is 3.13. The number of hydrogen-bond donors (Lipinski definition) is 1. The Bertz CT molecular complexity index is 848. The van der Waals surface area contributed by atoms with E-state index in [1.807, 2.05) is 6.92 Å². The van der Waals surface area contributed by atoms with Gasteiger partial charge >= 0.3 is 0 Å². The summed E-state index contributed by atoms with van der Waals surface area (Å²) in [5, 5.41) is 3.47. The number of allylic oxidation sites excluding steroid dienone is 1. The van der Waals surface area contributed by atoms with E-state index in [4.69, 9.17) is 25.8 Å². The maximum Gasteiger partial charge on any atom is 0.236 e. The Kier molecular flexibility index (Phi) is 5.62. The van der Waals surface area contributed by atoms with Crippen molar-refractivity contribution in [3.05, 3.63) is 28.4 Å². The fraction of sp³-hybridized carbons (Fsp3) is 0.524. The molecule has 152 valence electrons. The van der Waals surface area contributed by atoms with Crippen molar-refractivity contribution in [1.29, 1.82) is 0 Å². The highest BCUT2D eigenvalue weighted by Gasteiger charge is 2.60. The molecule has 0 unspecified atom stereocenters. The lowest BCUT2D eigenvalue weighted by atomic mass is 9.74. The summed E-state index contributed by atoms with van der Waals surface area (Å²) >= 11 is 6.38. The number of nitrogens with one attached hydrogen (secondary N) is 1. The van der Waals surface area contributed by atoms with Crippen molar-refractivity contribution in [3.8, 4) is 17.2 Å². The first-order chi connectivity index (χ1) is 13.3. The zero-order valence-electron chi connectivity index (χ0n) is 16.8. The van der Waals surface area contributed by atoms with Crippen molar-refractivity contribution in [3.63, 3.8) is 0 Å². The summed E-state index contributed by atoms with van der Waals surface area (Å²) in [7, 11) is 2.91. The van der Waals surface area contributed by atoms with Crippen molar-refractivity contribution >= 4 is 23.2 Å². The minimum absolute atomic E-state index is 0.146. The molecular weight excluding hydrogens is 382 g/mol. The van der Waals surface area contributed by atoms with Gasteiger partial charge < -0.3 is 19.5 Å². The number of carbonyl (C=O) groups is 2. The van der Waals surface area contributed by atoms with Gasteiger partial charge in [0.2, 0.25) is 17.2 Å². The van der Waals surface area contributed by atoms with E-state index in [2.05, 4.69) is 19.2 Å². The number of fused-ring (bicyclic) bond motifs is 1. The standard InChI is InChI=1S/C21H26ClNO5/c1-11(2)6-7-23-13-8-12(3)21(16(24)9-13)20(25)17-14(26-4)10-15(27-5)18(22)19(17)28-21/h9-12,23H,6-8H2,1-5H3/t12-,21+/m1/s1. The first-order valence-electron chi connectivity index (χ1n) is 9.43. The molecule has 6 nitrogen and oxygen atoms in total. The van der Waals surface area contributed by atoms with Gasteiger partial charge in [0.1, 0.15) is 22.1 Å². The highest BCUT2D eigenvalue weighted by molar-refractivity contribution is 6.36. The molecule has 7 heteroatoms. The fourth-order valence-electron chi connectivity index (χ4n) is 3.77. The molecule has 0 aromatic heterocycles. The quantitative estimate of drug-likeness (QED) is 0.723. The number of ketones is 2. The molecular formula is C21H26ClNO5. The van der Waals surface area contributed by atoms with Gasteiger partial charge in [-0.3, -0.25) is 9.59 Å². The summed E-state index contributed by atoms with van der Waals surface area (Å²) in [4.78, 5) is 26.5. The number of ether oxygens (including phenoxy) is 3. The molecule has 1 aliphatic heterocycles. The Morgan fingerprint density at radius 1 is 1.29 bits per heavy atom. The van der Waals surface area contributed by atoms with Crippen LogP contribution in [0.3, 0.4) is 0 Å². The molecule has 1 aliphatic carbocycles. The van der Waals surface area contributed by atoms with Gasteiger partial charge in [-0.2, -0.15) is 0 Å². The molecule has 0 saturated heterocycles. The third-order valence-corrected chi connectivity index (χ3v) is 5.74. The lowest BCUT2D eigenvalue weighted by molar-refractivity contribution is -0.129. The van der Waals surface area contributed by atoms with Gasteiger partial charge in [0.05, 0.1) is 14.2 Å². The molecule has 0 saturated carbocycles. The van der Waals surface area contributed by atoms with Crippen LogP contribution in [0.5, 0.6) is 17.2 Å². The summed E-state index contributed by atoms with van der Waals surface area (Å²) < 4.78 is 16.6. The van der Waals surface area contributed by atoms with Crippen LogP contribution >= 0.6 is 11.6 Å². The van der Waals surface area contributed by atoms with E-state index in [9.17, 15) is 9.59 Å². The van der Waals surface area contributed by atoms with E-state index in [1.165, 1.54) is 26.4 Å². The molecule has 2 aliphatic rings. The van der Waals surface area contributed by atoms with Gasteiger partial charge in [0.15, 0.2) is 5.75 Å². The van der Waals surface area contributed by atoms with Crippen LogP contribution in [0, 0.1) is 11.8 Å². The normalized spacial score (nSPS) is 23.5. The second-order valence-electron chi connectivity index (χ2n) is 7.71. The summed E-state index contributed by atoms with van der Waals surface area (Å²) in [6.07, 6.45) is 3.01. The van der Waals surface area contributed by atoms with Crippen molar-refractivity contribution in [2.24, 2.45) is 11.8 Å². The number of methoxy groups -OCH3 is 2. The predicted molar refractivity (Wildman–Crippen MR) is 107 cm³/mol. The Morgan fingerprint density at radius 3 is 2.54 bits per heavy atom. The topological polar surface area (TPSA) is 73.9 Å². The van der Waals surface area contributed by atoms with Crippen molar-refractivity contribution in [1.82, 2.24) is 5.32 Å². The zero-order valence-corrected chi connectivity index (χ0v) is 17.6. The molecule has 0 amide bonds. The average Bonchev–Trinajstić information content (AvgIpc) is 2.95. The molecule has 1 aromatic carbocycles. The lowest BCUT2D eigenvalue weighted by Crippen LogP contribution is -2.55. The maximum absolute atomic E-state index is 13.4. The van der Waals surface area contributed by atoms with Crippen LogP contribution < -0.4 is 19.5 Å². The van der Waals surface area contributed by atoms with Crippen LogP contribution in [0.4, 0.5) is 0 Å². The largest absolute Gasteiger partial charge is 0.496 e. The van der Waals surface area contributed by atoms with Crippen LogP contribution in [0.1, 0.15) is 44.0 Å². The molecule has 1 spiro atoms. The van der Waals surface area contributed by atoms with E-state index >= 15 is 0 Å². The molecule has 1 heterocycles. The SMILES string of the molecule is COc1cc(OC)c2c(c1Cl)O[C@@]1(C(=O)C=C(NCCC(C)C)C[C@H]1C)C2=O. The second-order valence-corrected chi connectivity index (χ2v) is 8.09. The number of benzene rings is 1. The Hall–Kier alpha value is -2.21. The molecule has 0 fully saturated rings. The van der Waals surface area contributed by atoms with E-state index in [0.717, 1.165) is 18.7 Å². The zero-order chi connectivity index (χ0) is 20.6. The van der Waals surface area contributed by atoms with Gasteiger partial charge in [-0.15, -0.1) is 0 Å². The van der Waals surface area contributed by atoms with E-state index < -0.39 is 11.4 Å². The Morgan fingerprint density at radius 2 is 1.96 bits per heavy atom. The average molecular weight is 408 g/mol. The fourth-order valence-corrected chi connectivity index (χ4v) is 4.04. The van der Waals surface area contributed by atoms with Crippen molar-refractivity contribution in [2.75, 3.05) is 20.8 Å². The van der Waals surface area contributed by atoms with Gasteiger partial charge in [-0.05, 0) is 18.8 Å². The Labute approximate surface area is 170 Å². The van der Waals surface area contributed by atoms with E-state index in [-0.39, 0.29) is 33.8 Å². The van der Waals surface area contributed by atoms with Crippen molar-refractivity contribution in [2.45, 2.75) is 39.2 Å². The predicted octanol–water partition coefficient (Wildman–Crippen LogP) is 3.80. The highest BCUT2D eigenvalue weighted by atomic mass is 35.5. The molecule has 3 rings (SSSR count). The number of halogens is 1. The van der Waals surface area contributed by atoms with E-state index in [1.54, 1.807) is 0 Å². The van der Waals surface area contributed by atoms with Gasteiger partial charge in [-0.1, -0.05) is 32.4 Å². The lowest BCUT2D eigenvalue weighted by Gasteiger charge is -2.35. The molecule has 28 heavy (non-hydrogen) atoms. The first-order valence-corrected chi connectivity index (χ1v) is 9.81. The van der Waals surface area contributed by atoms with Gasteiger partial charge in [-0.25, -0.2) is 0 Å². The highest BCUT2D eigenvalue weighted by Crippen LogP contribution is 2.52. The number of carbonyl (C=O) groups excluding carboxylic acids is 2. The van der Waals surface area contributed by atoms with Gasteiger partial charge in [0.25, 0.3) is 0 Å². The monoisotopic (exact) mass is 407 g/mol. The maximum atomic E-state index is 13.4. The number of rotatable bonds is 6. The summed E-state index contributed by atoms with van der Waals surface area (Å²) in [6.45, 7) is 6.92. The summed E-state index contributed by atoms with van der Waals surface area (Å²) in [5.74, 6) is 0.156. The summed E-state index contributed by atoms with van der Waals surface area (Å²) in [6, 6.07) is 1.54. The van der Waals surface area contributed by atoms with Gasteiger partial charge in [0, 0.05) is 30.3 Å². The molecule has 2 atom stereocenters.